The summed E-state index contributed by atoms with van der Waals surface area (Å²) < 4.78 is 54.2. The summed E-state index contributed by atoms with van der Waals surface area (Å²) in [4.78, 5) is 6.00. The molecule has 2 aromatic rings. The quantitative estimate of drug-likeness (QED) is 0.345. The fourth-order valence-electron chi connectivity index (χ4n) is 5.19. The van der Waals surface area contributed by atoms with Gasteiger partial charge in [0, 0.05) is 36.3 Å². The van der Waals surface area contributed by atoms with Gasteiger partial charge in [0.05, 0.1) is 0 Å². The average molecular weight is 550 g/mol. The van der Waals surface area contributed by atoms with E-state index in [2.05, 4.69) is 5.32 Å². The van der Waals surface area contributed by atoms with Crippen molar-refractivity contribution in [2.75, 3.05) is 33.2 Å². The lowest BCUT2D eigenvalue weighted by molar-refractivity contribution is 0.152. The zero-order valence-electron chi connectivity index (χ0n) is 23.1. The third-order valence-corrected chi connectivity index (χ3v) is 7.81. The third-order valence-electron chi connectivity index (χ3n) is 7.81. The lowest BCUT2D eigenvalue weighted by Gasteiger charge is -2.37. The van der Waals surface area contributed by atoms with Gasteiger partial charge < -0.3 is 25.0 Å². The molecule has 214 valence electrons. The van der Waals surface area contributed by atoms with Crippen molar-refractivity contribution in [2.45, 2.75) is 64.5 Å². The second-order valence-electron chi connectivity index (χ2n) is 10.5. The Hall–Kier alpha value is -1.95. The Morgan fingerprint density at radius 1 is 0.769 bits per heavy atom. The summed E-state index contributed by atoms with van der Waals surface area (Å²) in [5.74, 6) is -1.99. The zero-order valence-corrected chi connectivity index (χ0v) is 23.1. The van der Waals surface area contributed by atoms with Crippen LogP contribution in [0.5, 0.6) is 0 Å². The van der Waals surface area contributed by atoms with Gasteiger partial charge in [0.25, 0.3) is 0 Å². The van der Waals surface area contributed by atoms with Crippen LogP contribution in [0.2, 0.25) is 13.6 Å². The van der Waals surface area contributed by atoms with Gasteiger partial charge >= 0.3 is 14.1 Å². The van der Waals surface area contributed by atoms with E-state index >= 15 is 0 Å². The second-order valence-corrected chi connectivity index (χ2v) is 10.5. The molecule has 3 N–H and O–H groups in total. The fraction of sp³-hybridized carbons (Fsp3) is 0.556. The number of halogens is 4. The van der Waals surface area contributed by atoms with E-state index in [1.54, 1.807) is 13.6 Å². The SMILES string of the molecule is CB(O)N1CCC(N(C)Cc2c(F)cccc2F)CC1.CB(O)N1CCC(NCc2c(F)cccc2F)CC1. The molecule has 0 aliphatic carbocycles. The van der Waals surface area contributed by atoms with Crippen LogP contribution in [0.25, 0.3) is 0 Å². The van der Waals surface area contributed by atoms with Gasteiger partial charge in [-0.05, 0) is 96.8 Å². The lowest BCUT2D eigenvalue weighted by Crippen LogP contribution is -2.48. The lowest BCUT2D eigenvalue weighted by atomic mass is 9.82. The van der Waals surface area contributed by atoms with E-state index in [0.717, 1.165) is 51.9 Å². The first-order valence-corrected chi connectivity index (χ1v) is 13.7. The number of nitrogens with zero attached hydrogens (tertiary/aromatic N) is 3. The number of hydrogen-bond acceptors (Lipinski definition) is 6. The molecule has 4 rings (SSSR count). The van der Waals surface area contributed by atoms with E-state index in [1.165, 1.54) is 36.4 Å². The first-order chi connectivity index (χ1) is 18.6. The largest absolute Gasteiger partial charge is 0.437 e. The molecule has 0 radical (unpaired) electrons. The normalized spacial score (nSPS) is 17.7. The minimum atomic E-state index is -0.506. The molecule has 39 heavy (non-hydrogen) atoms. The van der Waals surface area contributed by atoms with Gasteiger partial charge in [0.2, 0.25) is 0 Å². The van der Waals surface area contributed by atoms with Crippen molar-refractivity contribution in [3.63, 3.8) is 0 Å². The number of hydrogen-bond donors (Lipinski definition) is 3. The number of rotatable bonds is 8. The van der Waals surface area contributed by atoms with Gasteiger partial charge in [-0.25, -0.2) is 17.6 Å². The summed E-state index contributed by atoms with van der Waals surface area (Å²) in [5, 5.41) is 22.2. The van der Waals surface area contributed by atoms with Gasteiger partial charge in [-0.2, -0.15) is 0 Å². The van der Waals surface area contributed by atoms with E-state index < -0.39 is 37.4 Å². The molecule has 0 unspecified atom stereocenters. The molecular weight excluding hydrogens is 510 g/mol. The first-order valence-electron chi connectivity index (χ1n) is 13.7. The standard InChI is InChI=1S/C14H21BF2N2O.C13H19BF2N2O/c1-15(20)19-8-6-11(7-9-19)18(2)10-12-13(16)4-3-5-14(12)17;1-14(19)18-7-5-10(6-8-18)17-9-11-12(15)3-2-4-13(11)16/h3-5,11,20H,6-10H2,1-2H3;2-4,10,17,19H,5-9H2,1H3. The maximum Gasteiger partial charge on any atom is 0.376 e. The molecule has 2 aromatic carbocycles. The monoisotopic (exact) mass is 550 g/mol. The maximum atomic E-state index is 13.6. The molecular formula is C27H40B2F4N4O2. The number of nitrogens with one attached hydrogen (secondary N) is 1. The molecule has 2 aliphatic heterocycles. The van der Waals surface area contributed by atoms with Crippen LogP contribution in [-0.2, 0) is 13.1 Å². The Bertz CT molecular complexity index is 996. The van der Waals surface area contributed by atoms with Crippen molar-refractivity contribution in [1.82, 2.24) is 19.8 Å². The summed E-state index contributed by atoms with van der Waals surface area (Å²) in [6, 6.07) is 8.43. The number of piperidine rings is 2. The van der Waals surface area contributed by atoms with E-state index in [0.29, 0.717) is 6.04 Å². The van der Waals surface area contributed by atoms with Gasteiger partial charge in [-0.3, -0.25) is 4.90 Å². The van der Waals surface area contributed by atoms with Crippen LogP contribution in [0.1, 0.15) is 36.8 Å². The molecule has 0 bridgehead atoms. The molecule has 0 amide bonds. The van der Waals surface area contributed by atoms with E-state index in [4.69, 9.17) is 0 Å². The van der Waals surface area contributed by atoms with Crippen LogP contribution in [0.3, 0.4) is 0 Å². The van der Waals surface area contributed by atoms with Crippen LogP contribution in [0, 0.1) is 23.3 Å². The highest BCUT2D eigenvalue weighted by Gasteiger charge is 2.27. The third kappa shape index (κ3) is 9.30. The summed E-state index contributed by atoms with van der Waals surface area (Å²) in [6.07, 6.45) is 3.55. The predicted molar refractivity (Wildman–Crippen MR) is 148 cm³/mol. The minimum absolute atomic E-state index is 0.0976. The van der Waals surface area contributed by atoms with Crippen molar-refractivity contribution in [2.24, 2.45) is 0 Å². The Morgan fingerprint density at radius 3 is 1.62 bits per heavy atom. The molecule has 0 atom stereocenters. The number of benzene rings is 2. The molecule has 12 heteroatoms. The van der Waals surface area contributed by atoms with Crippen molar-refractivity contribution >= 4 is 14.1 Å². The Morgan fingerprint density at radius 2 is 1.18 bits per heavy atom. The Balaban J connectivity index is 0.000000216. The van der Waals surface area contributed by atoms with Crippen LogP contribution < -0.4 is 5.32 Å². The Labute approximate surface area is 230 Å². The van der Waals surface area contributed by atoms with Gasteiger partial charge in [0.15, 0.2) is 0 Å². The van der Waals surface area contributed by atoms with Crippen molar-refractivity contribution < 1.29 is 27.6 Å². The topological polar surface area (TPSA) is 62.2 Å². The molecule has 2 aliphatic rings. The van der Waals surface area contributed by atoms with Crippen LogP contribution in [0.4, 0.5) is 17.6 Å². The van der Waals surface area contributed by atoms with E-state index in [9.17, 15) is 27.6 Å². The van der Waals surface area contributed by atoms with Crippen molar-refractivity contribution in [3.8, 4) is 0 Å². The summed E-state index contributed by atoms with van der Waals surface area (Å²) in [7, 11) is 1.05. The minimum Gasteiger partial charge on any atom is -0.437 e. The molecule has 0 aromatic heterocycles. The summed E-state index contributed by atoms with van der Waals surface area (Å²) >= 11 is 0. The highest BCUT2D eigenvalue weighted by molar-refractivity contribution is 6.45. The average Bonchev–Trinajstić information content (AvgIpc) is 2.91. The molecule has 0 spiro atoms. The smallest absolute Gasteiger partial charge is 0.376 e. The van der Waals surface area contributed by atoms with Gasteiger partial charge in [-0.1, -0.05) is 12.1 Å². The fourth-order valence-corrected chi connectivity index (χ4v) is 5.19. The maximum absolute atomic E-state index is 13.6. The van der Waals surface area contributed by atoms with Crippen LogP contribution in [0.15, 0.2) is 36.4 Å². The molecule has 0 saturated carbocycles. The van der Waals surface area contributed by atoms with E-state index in [-0.39, 0.29) is 30.3 Å². The van der Waals surface area contributed by atoms with Crippen LogP contribution in [-0.4, -0.2) is 84.0 Å². The molecule has 2 heterocycles. The molecule has 2 saturated heterocycles. The van der Waals surface area contributed by atoms with Crippen molar-refractivity contribution in [3.05, 3.63) is 70.8 Å². The van der Waals surface area contributed by atoms with Crippen molar-refractivity contribution in [1.29, 1.82) is 0 Å². The highest BCUT2D eigenvalue weighted by atomic mass is 19.1. The molecule has 6 nitrogen and oxygen atoms in total. The zero-order chi connectivity index (χ0) is 28.5. The van der Waals surface area contributed by atoms with E-state index in [1.807, 2.05) is 21.6 Å². The predicted octanol–water partition coefficient (Wildman–Crippen LogP) is 3.60. The van der Waals surface area contributed by atoms with Crippen LogP contribution >= 0.6 is 0 Å². The van der Waals surface area contributed by atoms with Gasteiger partial charge in [0.1, 0.15) is 23.3 Å². The second kappa shape index (κ2) is 15.2. The summed E-state index contributed by atoms with van der Waals surface area (Å²) in [5.41, 5.74) is 0.230. The highest BCUT2D eigenvalue weighted by Crippen LogP contribution is 2.21. The van der Waals surface area contributed by atoms with Gasteiger partial charge in [-0.15, -0.1) is 0 Å². The molecule has 2 fully saturated rings. The Kier molecular flexibility index (Phi) is 12.3. The first kappa shape index (κ1) is 31.6. The summed E-state index contributed by atoms with van der Waals surface area (Å²) in [6.45, 7) is 7.22.